The van der Waals surface area contributed by atoms with E-state index in [4.69, 9.17) is 10.8 Å². The first-order chi connectivity index (χ1) is 6.72. The molecule has 0 bridgehead atoms. The van der Waals surface area contributed by atoms with Crippen LogP contribution in [-0.4, -0.2) is 27.7 Å². The van der Waals surface area contributed by atoms with Crippen LogP contribution in [0.2, 0.25) is 0 Å². The highest BCUT2D eigenvalue weighted by Crippen LogP contribution is 2.03. The predicted octanol–water partition coefficient (Wildman–Crippen LogP) is 0.255. The van der Waals surface area contributed by atoms with Crippen molar-refractivity contribution in [2.75, 3.05) is 12.4 Å². The summed E-state index contributed by atoms with van der Waals surface area (Å²) in [6, 6.07) is 9.24. The largest absolute Gasteiger partial charge is 0.395 e. The minimum atomic E-state index is -0.986. The summed E-state index contributed by atoms with van der Waals surface area (Å²) < 4.78 is 11.5. The van der Waals surface area contributed by atoms with E-state index in [1.54, 1.807) is 0 Å². The third-order valence-corrected chi connectivity index (χ3v) is 3.26. The van der Waals surface area contributed by atoms with Gasteiger partial charge in [0.25, 0.3) is 0 Å². The van der Waals surface area contributed by atoms with Crippen LogP contribution in [0.5, 0.6) is 0 Å². The molecular formula is C10H15NO2S. The summed E-state index contributed by atoms with van der Waals surface area (Å²) in [6.07, 6.45) is 0. The number of rotatable bonds is 5. The second-order valence-electron chi connectivity index (χ2n) is 3.18. The topological polar surface area (TPSA) is 63.3 Å². The number of hydrogen-bond donors (Lipinski definition) is 2. The average Bonchev–Trinajstić information content (AvgIpc) is 2.19. The predicted molar refractivity (Wildman–Crippen MR) is 58.2 cm³/mol. The first kappa shape index (κ1) is 11.4. The molecule has 0 fully saturated rings. The first-order valence-electron chi connectivity index (χ1n) is 4.47. The van der Waals surface area contributed by atoms with Crippen molar-refractivity contribution in [3.05, 3.63) is 35.9 Å². The first-order valence-corrected chi connectivity index (χ1v) is 5.96. The molecule has 0 aromatic heterocycles. The van der Waals surface area contributed by atoms with Gasteiger partial charge in [-0.15, -0.1) is 0 Å². The fourth-order valence-corrected chi connectivity index (χ4v) is 2.38. The van der Waals surface area contributed by atoms with Gasteiger partial charge >= 0.3 is 0 Å². The van der Waals surface area contributed by atoms with Crippen LogP contribution in [0.15, 0.2) is 30.3 Å². The molecule has 1 aromatic carbocycles. The van der Waals surface area contributed by atoms with Crippen molar-refractivity contribution in [1.29, 1.82) is 0 Å². The maximum atomic E-state index is 11.5. The van der Waals surface area contributed by atoms with E-state index >= 15 is 0 Å². The van der Waals surface area contributed by atoms with Crippen molar-refractivity contribution in [2.45, 2.75) is 11.8 Å². The maximum Gasteiger partial charge on any atom is 0.0591 e. The molecule has 1 aromatic rings. The Morgan fingerprint density at radius 3 is 2.57 bits per heavy atom. The molecule has 0 spiro atoms. The summed E-state index contributed by atoms with van der Waals surface area (Å²) in [6.45, 7) is -0.111. The normalized spacial score (nSPS) is 15.0. The van der Waals surface area contributed by atoms with E-state index in [1.807, 2.05) is 30.3 Å². The maximum absolute atomic E-state index is 11.5. The van der Waals surface area contributed by atoms with E-state index in [0.29, 0.717) is 11.5 Å². The minimum absolute atomic E-state index is 0.111. The minimum Gasteiger partial charge on any atom is -0.395 e. The molecule has 0 amide bonds. The summed E-state index contributed by atoms with van der Waals surface area (Å²) in [7, 11) is -0.986. The third kappa shape index (κ3) is 4.00. The molecule has 0 unspecified atom stereocenters. The summed E-state index contributed by atoms with van der Waals surface area (Å²) in [5.41, 5.74) is 6.52. The number of aliphatic hydroxyl groups is 1. The molecule has 1 rings (SSSR count). The van der Waals surface area contributed by atoms with E-state index in [9.17, 15) is 4.21 Å². The van der Waals surface area contributed by atoms with Crippen molar-refractivity contribution in [2.24, 2.45) is 5.73 Å². The van der Waals surface area contributed by atoms with Gasteiger partial charge in [0, 0.05) is 28.3 Å². The van der Waals surface area contributed by atoms with E-state index in [-0.39, 0.29) is 12.6 Å². The Balaban J connectivity index is 2.42. The summed E-state index contributed by atoms with van der Waals surface area (Å²) in [5.74, 6) is 0.861. The SMILES string of the molecule is N[C@H](CO)C[S@@](=O)Cc1ccccc1. The van der Waals surface area contributed by atoms with Gasteiger partial charge in [-0.25, -0.2) is 0 Å². The molecule has 0 radical (unpaired) electrons. The van der Waals surface area contributed by atoms with Crippen molar-refractivity contribution < 1.29 is 9.32 Å². The van der Waals surface area contributed by atoms with Gasteiger partial charge in [0.1, 0.15) is 0 Å². The highest BCUT2D eigenvalue weighted by atomic mass is 32.2. The van der Waals surface area contributed by atoms with Gasteiger partial charge in [-0.2, -0.15) is 0 Å². The second-order valence-corrected chi connectivity index (χ2v) is 4.68. The average molecular weight is 213 g/mol. The van der Waals surface area contributed by atoms with E-state index in [1.165, 1.54) is 0 Å². The molecule has 78 valence electrons. The van der Waals surface area contributed by atoms with Crippen LogP contribution in [0, 0.1) is 0 Å². The van der Waals surface area contributed by atoms with Gasteiger partial charge in [-0.05, 0) is 5.56 Å². The smallest absolute Gasteiger partial charge is 0.0591 e. The third-order valence-electron chi connectivity index (χ3n) is 1.80. The second kappa shape index (κ2) is 5.90. The zero-order valence-corrected chi connectivity index (χ0v) is 8.74. The summed E-state index contributed by atoms with van der Waals surface area (Å²) in [4.78, 5) is 0. The number of benzene rings is 1. The van der Waals surface area contributed by atoms with E-state index in [0.717, 1.165) is 5.56 Å². The molecule has 2 atom stereocenters. The fraction of sp³-hybridized carbons (Fsp3) is 0.400. The van der Waals surface area contributed by atoms with Crippen LogP contribution in [0.3, 0.4) is 0 Å². The molecule has 3 nitrogen and oxygen atoms in total. The van der Waals surface area contributed by atoms with E-state index < -0.39 is 10.8 Å². The molecular weight excluding hydrogens is 198 g/mol. The lowest BCUT2D eigenvalue weighted by Gasteiger charge is -2.07. The molecule has 4 heteroatoms. The van der Waals surface area contributed by atoms with E-state index in [2.05, 4.69) is 0 Å². The highest BCUT2D eigenvalue weighted by molar-refractivity contribution is 7.84. The molecule has 3 N–H and O–H groups in total. The number of hydrogen-bond acceptors (Lipinski definition) is 3. The molecule has 0 saturated heterocycles. The Hall–Kier alpha value is -0.710. The molecule has 0 aliphatic carbocycles. The number of nitrogens with two attached hydrogens (primary N) is 1. The monoisotopic (exact) mass is 213 g/mol. The van der Waals surface area contributed by atoms with Crippen LogP contribution in [-0.2, 0) is 16.6 Å². The number of aliphatic hydroxyl groups excluding tert-OH is 1. The lowest BCUT2D eigenvalue weighted by atomic mass is 10.2. The van der Waals surface area contributed by atoms with Gasteiger partial charge in [0.05, 0.1) is 6.61 Å². The van der Waals surface area contributed by atoms with Gasteiger partial charge in [-0.3, -0.25) is 4.21 Å². The zero-order valence-electron chi connectivity index (χ0n) is 7.93. The lowest BCUT2D eigenvalue weighted by Crippen LogP contribution is -2.31. The van der Waals surface area contributed by atoms with Gasteiger partial charge in [-0.1, -0.05) is 30.3 Å². The zero-order chi connectivity index (χ0) is 10.4. The quantitative estimate of drug-likeness (QED) is 0.737. The van der Waals surface area contributed by atoms with Crippen molar-refractivity contribution >= 4 is 10.8 Å². The molecule has 0 saturated carbocycles. The molecule has 14 heavy (non-hydrogen) atoms. The Bertz CT molecular complexity index is 289. The van der Waals surface area contributed by atoms with Crippen LogP contribution >= 0.6 is 0 Å². The van der Waals surface area contributed by atoms with Crippen molar-refractivity contribution in [3.8, 4) is 0 Å². The standard InChI is InChI=1S/C10H15NO2S/c11-10(6-12)8-14(13)7-9-4-2-1-3-5-9/h1-5,10,12H,6-8,11H2/t10-,14+/m1/s1. The van der Waals surface area contributed by atoms with Gasteiger partial charge in [0.2, 0.25) is 0 Å². The Morgan fingerprint density at radius 1 is 1.36 bits per heavy atom. The van der Waals surface area contributed by atoms with Crippen LogP contribution in [0.1, 0.15) is 5.56 Å². The van der Waals surface area contributed by atoms with Gasteiger partial charge in [0.15, 0.2) is 0 Å². The molecule has 0 aliphatic heterocycles. The van der Waals surface area contributed by atoms with Crippen molar-refractivity contribution in [3.63, 3.8) is 0 Å². The van der Waals surface area contributed by atoms with Crippen LogP contribution < -0.4 is 5.73 Å². The Labute approximate surface area is 86.4 Å². The van der Waals surface area contributed by atoms with Gasteiger partial charge < -0.3 is 10.8 Å². The van der Waals surface area contributed by atoms with Crippen LogP contribution in [0.25, 0.3) is 0 Å². The van der Waals surface area contributed by atoms with Crippen LogP contribution in [0.4, 0.5) is 0 Å². The Kier molecular flexibility index (Phi) is 4.79. The van der Waals surface area contributed by atoms with Crippen molar-refractivity contribution in [1.82, 2.24) is 0 Å². The highest BCUT2D eigenvalue weighted by Gasteiger charge is 2.07. The summed E-state index contributed by atoms with van der Waals surface area (Å²) >= 11 is 0. The lowest BCUT2D eigenvalue weighted by molar-refractivity contribution is 0.275. The fourth-order valence-electron chi connectivity index (χ4n) is 1.11. The molecule has 0 aliphatic rings. The molecule has 0 heterocycles. The summed E-state index contributed by atoms with van der Waals surface area (Å²) in [5, 5.41) is 8.69. The Morgan fingerprint density at radius 2 is 2.00 bits per heavy atom.